The third-order valence-electron chi connectivity index (χ3n) is 4.38. The Morgan fingerprint density at radius 1 is 1.33 bits per heavy atom. The lowest BCUT2D eigenvalue weighted by atomic mass is 10.1. The fourth-order valence-corrected chi connectivity index (χ4v) is 3.51. The Kier molecular flexibility index (Phi) is 4.32. The highest BCUT2D eigenvalue weighted by Crippen LogP contribution is 2.28. The fourth-order valence-electron chi connectivity index (χ4n) is 3.30. The molecule has 1 aliphatic rings. The molecule has 2 aromatic rings. The Bertz CT molecular complexity index is 628. The molecule has 4 heteroatoms. The quantitative estimate of drug-likeness (QED) is 0.807. The van der Waals surface area contributed by atoms with E-state index in [0.29, 0.717) is 5.88 Å². The van der Waals surface area contributed by atoms with Crippen LogP contribution in [-0.4, -0.2) is 43.6 Å². The summed E-state index contributed by atoms with van der Waals surface area (Å²) < 4.78 is 0. The highest BCUT2D eigenvalue weighted by atomic mass is 35.5. The average molecular weight is 304 g/mol. The highest BCUT2D eigenvalue weighted by molar-refractivity contribution is 6.18. The van der Waals surface area contributed by atoms with Crippen molar-refractivity contribution < 1.29 is 0 Å². The molecule has 1 fully saturated rings. The van der Waals surface area contributed by atoms with E-state index >= 15 is 0 Å². The van der Waals surface area contributed by atoms with Crippen molar-refractivity contribution in [3.63, 3.8) is 0 Å². The Morgan fingerprint density at radius 2 is 2.10 bits per heavy atom. The van der Waals surface area contributed by atoms with Crippen LogP contribution in [0.5, 0.6) is 0 Å². The van der Waals surface area contributed by atoms with E-state index in [1.165, 1.54) is 30.3 Å². The molecule has 0 spiro atoms. The van der Waals surface area contributed by atoms with Gasteiger partial charge in [-0.05, 0) is 36.9 Å². The van der Waals surface area contributed by atoms with Gasteiger partial charge in [0.2, 0.25) is 0 Å². The van der Waals surface area contributed by atoms with E-state index in [9.17, 15) is 0 Å². The van der Waals surface area contributed by atoms with Gasteiger partial charge in [-0.3, -0.25) is 0 Å². The SMILES string of the molecule is CN1CCC(CN(C)c2ncc(CCl)c3ccccc23)C1. The molecule has 2 heterocycles. The van der Waals surface area contributed by atoms with Crippen molar-refractivity contribution in [1.82, 2.24) is 9.88 Å². The molecule has 0 radical (unpaired) electrons. The molecule has 0 bridgehead atoms. The summed E-state index contributed by atoms with van der Waals surface area (Å²) in [7, 11) is 4.34. The van der Waals surface area contributed by atoms with Crippen LogP contribution < -0.4 is 4.90 Å². The van der Waals surface area contributed by atoms with E-state index in [1.54, 1.807) is 0 Å². The molecule has 3 rings (SSSR count). The van der Waals surface area contributed by atoms with E-state index in [1.807, 2.05) is 6.20 Å². The van der Waals surface area contributed by atoms with Crippen molar-refractivity contribution in [3.05, 3.63) is 36.0 Å². The van der Waals surface area contributed by atoms with Crippen molar-refractivity contribution in [2.24, 2.45) is 5.92 Å². The number of hydrogen-bond donors (Lipinski definition) is 0. The number of alkyl halides is 1. The van der Waals surface area contributed by atoms with E-state index in [4.69, 9.17) is 11.6 Å². The third-order valence-corrected chi connectivity index (χ3v) is 4.67. The number of rotatable bonds is 4. The summed E-state index contributed by atoms with van der Waals surface area (Å²) in [5, 5.41) is 2.41. The summed E-state index contributed by atoms with van der Waals surface area (Å²) in [6, 6.07) is 8.41. The normalized spacial score (nSPS) is 19.3. The molecule has 112 valence electrons. The summed E-state index contributed by atoms with van der Waals surface area (Å²) in [5.41, 5.74) is 1.10. The van der Waals surface area contributed by atoms with Gasteiger partial charge in [0.05, 0.1) is 0 Å². The van der Waals surface area contributed by atoms with Crippen molar-refractivity contribution in [3.8, 4) is 0 Å². The number of fused-ring (bicyclic) bond motifs is 1. The summed E-state index contributed by atoms with van der Waals surface area (Å²) in [4.78, 5) is 9.37. The smallest absolute Gasteiger partial charge is 0.136 e. The van der Waals surface area contributed by atoms with Gasteiger partial charge < -0.3 is 9.80 Å². The Balaban J connectivity index is 1.89. The minimum atomic E-state index is 0.505. The van der Waals surface area contributed by atoms with Crippen LogP contribution in [0.25, 0.3) is 10.8 Å². The van der Waals surface area contributed by atoms with E-state index < -0.39 is 0 Å². The topological polar surface area (TPSA) is 19.4 Å². The van der Waals surface area contributed by atoms with Crippen LogP contribution >= 0.6 is 11.6 Å². The zero-order valence-corrected chi connectivity index (χ0v) is 13.5. The number of pyridine rings is 1. The maximum Gasteiger partial charge on any atom is 0.136 e. The fraction of sp³-hybridized carbons (Fsp3) is 0.471. The number of anilines is 1. The standard InChI is InChI=1S/C17H22ClN3/c1-20-8-7-13(11-20)12-21(2)17-16-6-4-3-5-15(16)14(9-18)10-19-17/h3-6,10,13H,7-9,11-12H2,1-2H3. The maximum absolute atomic E-state index is 6.03. The van der Waals surface area contributed by atoms with Crippen molar-refractivity contribution >= 4 is 28.2 Å². The molecule has 1 aromatic heterocycles. The predicted molar refractivity (Wildman–Crippen MR) is 90.2 cm³/mol. The van der Waals surface area contributed by atoms with Crippen molar-refractivity contribution in [2.45, 2.75) is 12.3 Å². The lowest BCUT2D eigenvalue weighted by Gasteiger charge is -2.24. The largest absolute Gasteiger partial charge is 0.359 e. The molecule has 1 unspecified atom stereocenters. The zero-order valence-electron chi connectivity index (χ0n) is 12.7. The minimum absolute atomic E-state index is 0.505. The van der Waals surface area contributed by atoms with Crippen LogP contribution in [0.2, 0.25) is 0 Å². The van der Waals surface area contributed by atoms with Crippen LogP contribution in [0.3, 0.4) is 0 Å². The first-order chi connectivity index (χ1) is 10.2. The molecule has 0 aliphatic carbocycles. The second-order valence-electron chi connectivity index (χ2n) is 6.08. The molecule has 0 saturated carbocycles. The first kappa shape index (κ1) is 14.6. The van der Waals surface area contributed by atoms with Crippen LogP contribution in [0.15, 0.2) is 30.5 Å². The van der Waals surface area contributed by atoms with Gasteiger partial charge in [0.1, 0.15) is 5.82 Å². The highest BCUT2D eigenvalue weighted by Gasteiger charge is 2.22. The number of nitrogens with zero attached hydrogens (tertiary/aromatic N) is 3. The first-order valence-corrected chi connectivity index (χ1v) is 8.04. The molecule has 0 N–H and O–H groups in total. The van der Waals surface area contributed by atoms with E-state index in [-0.39, 0.29) is 0 Å². The minimum Gasteiger partial charge on any atom is -0.359 e. The molecule has 1 saturated heterocycles. The third kappa shape index (κ3) is 2.99. The van der Waals surface area contributed by atoms with Crippen LogP contribution in [0.4, 0.5) is 5.82 Å². The first-order valence-electron chi connectivity index (χ1n) is 7.51. The summed E-state index contributed by atoms with van der Waals surface area (Å²) in [6.07, 6.45) is 3.19. The van der Waals surface area contributed by atoms with Gasteiger partial charge >= 0.3 is 0 Å². The van der Waals surface area contributed by atoms with Crippen LogP contribution in [0.1, 0.15) is 12.0 Å². The van der Waals surface area contributed by atoms with Crippen LogP contribution in [0, 0.1) is 5.92 Å². The van der Waals surface area contributed by atoms with Gasteiger partial charge in [0.25, 0.3) is 0 Å². The van der Waals surface area contributed by atoms with E-state index in [2.05, 4.69) is 53.1 Å². The van der Waals surface area contributed by atoms with Gasteiger partial charge in [-0.15, -0.1) is 11.6 Å². The van der Waals surface area contributed by atoms with Crippen molar-refractivity contribution in [1.29, 1.82) is 0 Å². The average Bonchev–Trinajstić information content (AvgIpc) is 2.91. The molecule has 1 aliphatic heterocycles. The van der Waals surface area contributed by atoms with Crippen molar-refractivity contribution in [2.75, 3.05) is 38.6 Å². The van der Waals surface area contributed by atoms with Gasteiger partial charge in [0, 0.05) is 37.6 Å². The van der Waals surface area contributed by atoms with Gasteiger partial charge in [-0.1, -0.05) is 24.3 Å². The molecule has 1 atom stereocenters. The molecular formula is C17H22ClN3. The molecule has 21 heavy (non-hydrogen) atoms. The van der Waals surface area contributed by atoms with Gasteiger partial charge in [-0.2, -0.15) is 0 Å². The second-order valence-corrected chi connectivity index (χ2v) is 6.35. The predicted octanol–water partition coefficient (Wildman–Crippen LogP) is 3.36. The molecular weight excluding hydrogens is 282 g/mol. The van der Waals surface area contributed by atoms with Crippen LogP contribution in [-0.2, 0) is 5.88 Å². The Labute approximate surface area is 131 Å². The lowest BCUT2D eigenvalue weighted by Crippen LogP contribution is -2.28. The molecule has 0 amide bonds. The summed E-state index contributed by atoms with van der Waals surface area (Å²) >= 11 is 6.03. The number of halogens is 1. The van der Waals surface area contributed by atoms with Gasteiger partial charge in [-0.25, -0.2) is 4.98 Å². The number of benzene rings is 1. The van der Waals surface area contributed by atoms with Gasteiger partial charge in [0.15, 0.2) is 0 Å². The number of likely N-dealkylation sites (tertiary alicyclic amines) is 1. The Hall–Kier alpha value is -1.32. The maximum atomic E-state index is 6.03. The number of hydrogen-bond acceptors (Lipinski definition) is 3. The zero-order chi connectivity index (χ0) is 14.8. The van der Waals surface area contributed by atoms with E-state index in [0.717, 1.165) is 23.8 Å². The summed E-state index contributed by atoms with van der Waals surface area (Å²) in [5.74, 6) is 2.30. The summed E-state index contributed by atoms with van der Waals surface area (Å²) in [6.45, 7) is 3.45. The number of aromatic nitrogens is 1. The molecule has 3 nitrogen and oxygen atoms in total. The molecule has 1 aromatic carbocycles. The lowest BCUT2D eigenvalue weighted by molar-refractivity contribution is 0.396. The second kappa shape index (κ2) is 6.20. The Morgan fingerprint density at radius 3 is 2.76 bits per heavy atom. The monoisotopic (exact) mass is 303 g/mol.